The van der Waals surface area contributed by atoms with Gasteiger partial charge in [-0.05, 0) is 35.6 Å². The summed E-state index contributed by atoms with van der Waals surface area (Å²) in [5, 5.41) is 24.0. The minimum absolute atomic E-state index is 0.0101. The molecule has 0 aromatic heterocycles. The van der Waals surface area contributed by atoms with E-state index in [2.05, 4.69) is 22.8 Å². The lowest BCUT2D eigenvalue weighted by Crippen LogP contribution is -2.44. The smallest absolute Gasteiger partial charge is 0.407 e. The van der Waals surface area contributed by atoms with Crippen LogP contribution in [-0.2, 0) is 14.3 Å². The summed E-state index contributed by atoms with van der Waals surface area (Å²) in [6.07, 6.45) is -0.593. The molecule has 0 bridgehead atoms. The second-order valence-corrected chi connectivity index (χ2v) is 8.62. The van der Waals surface area contributed by atoms with E-state index < -0.39 is 36.0 Å². The summed E-state index contributed by atoms with van der Waals surface area (Å²) >= 11 is 0. The number of amides is 2. The van der Waals surface area contributed by atoms with Crippen LogP contribution in [0.2, 0.25) is 0 Å². The number of benzene rings is 2. The zero-order chi connectivity index (χ0) is 24.0. The Hall–Kier alpha value is -3.39. The molecule has 0 fully saturated rings. The number of alkyl carbamates (subject to hydrolysis) is 1. The number of carbonyl (C=O) groups is 3. The van der Waals surface area contributed by atoms with Gasteiger partial charge in [-0.2, -0.15) is 0 Å². The van der Waals surface area contributed by atoms with Gasteiger partial charge in [0, 0.05) is 24.9 Å². The number of aliphatic hydroxyl groups is 1. The fraction of sp³-hybridized carbons (Fsp3) is 0.400. The van der Waals surface area contributed by atoms with Gasteiger partial charge in [0.2, 0.25) is 5.91 Å². The van der Waals surface area contributed by atoms with Gasteiger partial charge in [0.15, 0.2) is 0 Å². The molecule has 3 rings (SSSR count). The number of ether oxygens (including phenoxy) is 1. The first-order valence-electron chi connectivity index (χ1n) is 11.0. The summed E-state index contributed by atoms with van der Waals surface area (Å²) in [6.45, 7) is 3.16. The number of aliphatic carboxylic acids is 1. The molecule has 1 unspecified atom stereocenters. The van der Waals surface area contributed by atoms with Gasteiger partial charge < -0.3 is 25.6 Å². The number of carboxylic acid groups (broad SMARTS) is 1. The third-order valence-corrected chi connectivity index (χ3v) is 5.79. The molecule has 0 saturated heterocycles. The van der Waals surface area contributed by atoms with E-state index in [1.54, 1.807) is 0 Å². The molecule has 0 aliphatic heterocycles. The number of rotatable bonds is 10. The van der Waals surface area contributed by atoms with Crippen molar-refractivity contribution in [2.45, 2.75) is 50.7 Å². The number of fused-ring (bicyclic) bond motifs is 3. The number of hydrogen-bond donors (Lipinski definition) is 4. The van der Waals surface area contributed by atoms with Crippen LogP contribution >= 0.6 is 0 Å². The van der Waals surface area contributed by atoms with Crippen LogP contribution in [0, 0.1) is 0 Å². The first-order chi connectivity index (χ1) is 15.7. The molecular weight excluding hydrogens is 424 g/mol. The largest absolute Gasteiger partial charge is 0.481 e. The third-order valence-electron chi connectivity index (χ3n) is 5.79. The van der Waals surface area contributed by atoms with Crippen LogP contribution in [0.5, 0.6) is 0 Å². The molecule has 8 nitrogen and oxygen atoms in total. The fourth-order valence-electron chi connectivity index (χ4n) is 4.08. The van der Waals surface area contributed by atoms with E-state index in [0.29, 0.717) is 6.42 Å². The van der Waals surface area contributed by atoms with E-state index in [1.165, 1.54) is 6.92 Å². The first kappa shape index (κ1) is 24.3. The van der Waals surface area contributed by atoms with Crippen LogP contribution in [0.15, 0.2) is 48.5 Å². The normalized spacial score (nSPS) is 15.0. The SMILES string of the molecule is CC[C@@H](CC(=O)NCC(C)(O)CC(=O)O)NC(=O)OCC1c2ccccc2-c2ccccc21. The van der Waals surface area contributed by atoms with Gasteiger partial charge in [0.1, 0.15) is 6.61 Å². The highest BCUT2D eigenvalue weighted by Gasteiger charge is 2.29. The van der Waals surface area contributed by atoms with E-state index in [9.17, 15) is 19.5 Å². The number of hydrogen-bond acceptors (Lipinski definition) is 5. The van der Waals surface area contributed by atoms with Crippen molar-refractivity contribution in [1.82, 2.24) is 10.6 Å². The summed E-state index contributed by atoms with van der Waals surface area (Å²) in [4.78, 5) is 35.4. The van der Waals surface area contributed by atoms with Gasteiger partial charge in [-0.3, -0.25) is 9.59 Å². The van der Waals surface area contributed by atoms with Crippen LogP contribution in [0.3, 0.4) is 0 Å². The number of nitrogens with one attached hydrogen (secondary N) is 2. The standard InChI is InChI=1S/C25H30N2O6/c1-3-16(12-22(28)26-15-25(2,32)13-23(29)30)27-24(31)33-14-21-19-10-6-4-8-17(19)18-9-5-7-11-20(18)21/h4-11,16,21,32H,3,12-15H2,1-2H3,(H,26,28)(H,27,31)(H,29,30)/t16-,25?/m0/s1. The lowest BCUT2D eigenvalue weighted by atomic mass is 9.98. The molecule has 2 aromatic rings. The van der Waals surface area contributed by atoms with E-state index >= 15 is 0 Å². The molecule has 0 spiro atoms. The highest BCUT2D eigenvalue weighted by Crippen LogP contribution is 2.44. The van der Waals surface area contributed by atoms with Crippen molar-refractivity contribution in [2.75, 3.05) is 13.2 Å². The van der Waals surface area contributed by atoms with Gasteiger partial charge in [-0.15, -0.1) is 0 Å². The van der Waals surface area contributed by atoms with Crippen LogP contribution < -0.4 is 10.6 Å². The Morgan fingerprint density at radius 2 is 1.64 bits per heavy atom. The molecule has 1 aliphatic rings. The van der Waals surface area contributed by atoms with Gasteiger partial charge in [-0.1, -0.05) is 55.5 Å². The van der Waals surface area contributed by atoms with Crippen molar-refractivity contribution in [2.24, 2.45) is 0 Å². The van der Waals surface area contributed by atoms with Crippen molar-refractivity contribution in [3.8, 4) is 11.1 Å². The Morgan fingerprint density at radius 3 is 2.18 bits per heavy atom. The molecular formula is C25H30N2O6. The maximum Gasteiger partial charge on any atom is 0.407 e. The maximum atomic E-state index is 12.4. The van der Waals surface area contributed by atoms with E-state index in [1.807, 2.05) is 43.3 Å². The summed E-state index contributed by atoms with van der Waals surface area (Å²) in [7, 11) is 0. The molecule has 4 N–H and O–H groups in total. The Labute approximate surface area is 193 Å². The molecule has 0 heterocycles. The Balaban J connectivity index is 1.52. The van der Waals surface area contributed by atoms with Crippen LogP contribution in [0.4, 0.5) is 4.79 Å². The van der Waals surface area contributed by atoms with Crippen molar-refractivity contribution < 1.29 is 29.3 Å². The highest BCUT2D eigenvalue weighted by molar-refractivity contribution is 5.79. The summed E-state index contributed by atoms with van der Waals surface area (Å²) < 4.78 is 5.52. The molecule has 2 aromatic carbocycles. The molecule has 33 heavy (non-hydrogen) atoms. The van der Waals surface area contributed by atoms with Crippen molar-refractivity contribution in [1.29, 1.82) is 0 Å². The minimum atomic E-state index is -1.55. The lowest BCUT2D eigenvalue weighted by Gasteiger charge is -2.23. The van der Waals surface area contributed by atoms with E-state index in [0.717, 1.165) is 22.3 Å². The van der Waals surface area contributed by atoms with Crippen LogP contribution in [0.25, 0.3) is 11.1 Å². The topological polar surface area (TPSA) is 125 Å². The molecule has 8 heteroatoms. The summed E-state index contributed by atoms with van der Waals surface area (Å²) in [6, 6.07) is 15.7. The number of carbonyl (C=O) groups excluding carboxylic acids is 2. The fourth-order valence-corrected chi connectivity index (χ4v) is 4.08. The zero-order valence-electron chi connectivity index (χ0n) is 18.8. The van der Waals surface area contributed by atoms with Gasteiger partial charge in [0.25, 0.3) is 0 Å². The molecule has 2 amide bonds. The second kappa shape index (κ2) is 10.5. The first-order valence-corrected chi connectivity index (χ1v) is 11.0. The van der Waals surface area contributed by atoms with E-state index in [-0.39, 0.29) is 25.5 Å². The molecule has 1 aliphatic carbocycles. The Kier molecular flexibility index (Phi) is 7.71. The monoisotopic (exact) mass is 454 g/mol. The highest BCUT2D eigenvalue weighted by atomic mass is 16.5. The van der Waals surface area contributed by atoms with Crippen LogP contribution in [-0.4, -0.2) is 53.0 Å². The maximum absolute atomic E-state index is 12.4. The zero-order valence-corrected chi connectivity index (χ0v) is 18.8. The Bertz CT molecular complexity index is 974. The molecule has 2 atom stereocenters. The van der Waals surface area contributed by atoms with Crippen molar-refractivity contribution >= 4 is 18.0 Å². The van der Waals surface area contributed by atoms with Crippen LogP contribution in [0.1, 0.15) is 50.2 Å². The predicted molar refractivity (Wildman–Crippen MR) is 123 cm³/mol. The van der Waals surface area contributed by atoms with Gasteiger partial charge in [0.05, 0.1) is 12.0 Å². The third kappa shape index (κ3) is 6.32. The molecule has 0 saturated carbocycles. The minimum Gasteiger partial charge on any atom is -0.481 e. The van der Waals surface area contributed by atoms with Crippen molar-refractivity contribution in [3.05, 3.63) is 59.7 Å². The molecule has 176 valence electrons. The number of carboxylic acids is 1. The average Bonchev–Trinajstić information content (AvgIpc) is 3.09. The average molecular weight is 455 g/mol. The Morgan fingerprint density at radius 1 is 1.06 bits per heavy atom. The lowest BCUT2D eigenvalue weighted by molar-refractivity contribution is -0.142. The second-order valence-electron chi connectivity index (χ2n) is 8.62. The van der Waals surface area contributed by atoms with Gasteiger partial charge in [-0.25, -0.2) is 4.79 Å². The van der Waals surface area contributed by atoms with E-state index in [4.69, 9.17) is 9.84 Å². The summed E-state index contributed by atoms with van der Waals surface area (Å²) in [5.41, 5.74) is 2.97. The quantitative estimate of drug-likeness (QED) is 0.437. The summed E-state index contributed by atoms with van der Waals surface area (Å²) in [5.74, 6) is -1.60. The van der Waals surface area contributed by atoms with Gasteiger partial charge >= 0.3 is 12.1 Å². The van der Waals surface area contributed by atoms with Crippen molar-refractivity contribution in [3.63, 3.8) is 0 Å². The molecule has 0 radical (unpaired) electrons. The predicted octanol–water partition coefficient (Wildman–Crippen LogP) is 3.04.